The first-order chi connectivity index (χ1) is 7.31. The largest absolute Gasteiger partial charge is 0.781 e. The molecular formula is C8H14O6SSi. The Morgan fingerprint density at radius 3 is 1.44 bits per heavy atom. The minimum atomic E-state index is -3.62. The lowest BCUT2D eigenvalue weighted by Crippen LogP contribution is -2.46. The first-order valence-corrected chi connectivity index (χ1v) is 7.97. The highest BCUT2D eigenvalue weighted by atomic mass is 32.4. The molecule has 0 aliphatic carbocycles. The Morgan fingerprint density at radius 2 is 1.25 bits per heavy atom. The first-order valence-electron chi connectivity index (χ1n) is 4.54. The van der Waals surface area contributed by atoms with Gasteiger partial charge in [0.2, 0.25) is 0 Å². The van der Waals surface area contributed by atoms with Crippen LogP contribution in [0, 0.1) is 0 Å². The van der Waals surface area contributed by atoms with Gasteiger partial charge in [-0.3, -0.25) is 14.4 Å². The fraction of sp³-hybridized carbons (Fsp3) is 0.625. The summed E-state index contributed by atoms with van der Waals surface area (Å²) in [4.78, 5) is 32.7. The standard InChI is InChI=1S/C8H14O6SSi/c1-5-15-16(12-6(2)9,13-7(3)10)14-8(4)11/h5H2,1-4H3. The minimum absolute atomic E-state index is 0.486. The van der Waals surface area contributed by atoms with Crippen molar-refractivity contribution in [2.75, 3.05) is 5.75 Å². The topological polar surface area (TPSA) is 78.9 Å². The van der Waals surface area contributed by atoms with E-state index in [9.17, 15) is 14.4 Å². The second-order valence-electron chi connectivity index (χ2n) is 2.71. The van der Waals surface area contributed by atoms with Crippen LogP contribution < -0.4 is 0 Å². The Hall–Kier alpha value is -1.02. The summed E-state index contributed by atoms with van der Waals surface area (Å²) in [5.41, 5.74) is 0. The van der Waals surface area contributed by atoms with Crippen LogP contribution in [0.4, 0.5) is 0 Å². The van der Waals surface area contributed by atoms with Gasteiger partial charge in [-0.1, -0.05) is 18.1 Å². The molecule has 92 valence electrons. The van der Waals surface area contributed by atoms with Crippen molar-refractivity contribution in [3.05, 3.63) is 0 Å². The molecule has 0 rings (SSSR count). The Balaban J connectivity index is 4.93. The lowest BCUT2D eigenvalue weighted by Gasteiger charge is -2.24. The smallest absolute Gasteiger partial charge is 0.447 e. The molecule has 0 spiro atoms. The van der Waals surface area contributed by atoms with Crippen LogP contribution in [0.25, 0.3) is 0 Å². The molecule has 0 aromatic heterocycles. The number of hydrogen-bond acceptors (Lipinski definition) is 7. The summed E-state index contributed by atoms with van der Waals surface area (Å²) in [7, 11) is -3.62. The van der Waals surface area contributed by atoms with Crippen molar-refractivity contribution >= 4 is 37.1 Å². The van der Waals surface area contributed by atoms with Gasteiger partial charge in [0.1, 0.15) is 0 Å². The summed E-state index contributed by atoms with van der Waals surface area (Å²) in [5.74, 6) is -1.49. The zero-order valence-corrected chi connectivity index (χ0v) is 11.4. The highest BCUT2D eigenvalue weighted by Crippen LogP contribution is 2.25. The van der Waals surface area contributed by atoms with E-state index in [4.69, 9.17) is 13.3 Å². The van der Waals surface area contributed by atoms with Gasteiger partial charge < -0.3 is 13.3 Å². The second-order valence-corrected chi connectivity index (χ2v) is 7.56. The molecule has 0 bridgehead atoms. The van der Waals surface area contributed by atoms with Gasteiger partial charge in [0.25, 0.3) is 17.9 Å². The van der Waals surface area contributed by atoms with Gasteiger partial charge in [-0.15, -0.1) is 0 Å². The van der Waals surface area contributed by atoms with E-state index in [1.807, 2.05) is 0 Å². The Labute approximate surface area is 98.6 Å². The molecule has 16 heavy (non-hydrogen) atoms. The van der Waals surface area contributed by atoms with Crippen LogP contribution in [0.2, 0.25) is 0 Å². The van der Waals surface area contributed by atoms with Crippen LogP contribution in [-0.4, -0.2) is 31.6 Å². The van der Waals surface area contributed by atoms with E-state index in [2.05, 4.69) is 0 Å². The van der Waals surface area contributed by atoms with Crippen molar-refractivity contribution in [3.8, 4) is 0 Å². The van der Waals surface area contributed by atoms with E-state index in [0.29, 0.717) is 5.75 Å². The zero-order valence-electron chi connectivity index (χ0n) is 9.56. The monoisotopic (exact) mass is 266 g/mol. The molecule has 0 aliphatic heterocycles. The average Bonchev–Trinajstić information content (AvgIpc) is 1.98. The van der Waals surface area contributed by atoms with E-state index >= 15 is 0 Å². The molecule has 0 atom stereocenters. The van der Waals surface area contributed by atoms with Crippen LogP contribution in [0.3, 0.4) is 0 Å². The number of rotatable bonds is 5. The first kappa shape index (κ1) is 15.0. The summed E-state index contributed by atoms with van der Waals surface area (Å²) in [6.07, 6.45) is 0. The lowest BCUT2D eigenvalue weighted by atomic mass is 10.9. The van der Waals surface area contributed by atoms with Gasteiger partial charge in [-0.25, -0.2) is 0 Å². The maximum absolute atomic E-state index is 10.9. The molecule has 6 nitrogen and oxygen atoms in total. The van der Waals surface area contributed by atoms with Crippen molar-refractivity contribution < 1.29 is 27.7 Å². The van der Waals surface area contributed by atoms with Crippen LogP contribution in [0.1, 0.15) is 27.7 Å². The molecule has 8 heteroatoms. The molecule has 0 saturated heterocycles. The lowest BCUT2D eigenvalue weighted by molar-refractivity contribution is -0.145. The molecule has 0 fully saturated rings. The van der Waals surface area contributed by atoms with Gasteiger partial charge in [-0.05, 0) is 5.75 Å². The molecule has 0 aromatic rings. The quantitative estimate of drug-likeness (QED) is 0.683. The van der Waals surface area contributed by atoms with Crippen molar-refractivity contribution in [3.63, 3.8) is 0 Å². The predicted octanol–water partition coefficient (Wildman–Crippen LogP) is 0.864. The zero-order chi connectivity index (χ0) is 12.8. The SMILES string of the molecule is CCS[Si](OC(C)=O)(OC(C)=O)OC(C)=O. The summed E-state index contributed by atoms with van der Waals surface area (Å²) in [5, 5.41) is 0. The Bertz CT molecular complexity index is 251. The van der Waals surface area contributed by atoms with Crippen LogP contribution >= 0.6 is 11.2 Å². The summed E-state index contributed by atoms with van der Waals surface area (Å²) in [6, 6.07) is 0. The van der Waals surface area contributed by atoms with Gasteiger partial charge in [0, 0.05) is 20.8 Å². The predicted molar refractivity (Wildman–Crippen MR) is 59.2 cm³/mol. The third-order valence-corrected chi connectivity index (χ3v) is 6.06. The minimum Gasteiger partial charge on any atom is -0.447 e. The highest BCUT2D eigenvalue weighted by Gasteiger charge is 2.53. The molecule has 0 heterocycles. The van der Waals surface area contributed by atoms with E-state index in [0.717, 1.165) is 32.0 Å². The van der Waals surface area contributed by atoms with Crippen molar-refractivity contribution in [2.45, 2.75) is 27.7 Å². The number of carbonyl (C=O) groups is 3. The van der Waals surface area contributed by atoms with E-state index in [1.54, 1.807) is 6.92 Å². The van der Waals surface area contributed by atoms with Crippen molar-refractivity contribution in [2.24, 2.45) is 0 Å². The van der Waals surface area contributed by atoms with Crippen LogP contribution in [-0.2, 0) is 27.7 Å². The number of hydrogen-bond donors (Lipinski definition) is 0. The van der Waals surface area contributed by atoms with Crippen molar-refractivity contribution in [1.29, 1.82) is 0 Å². The maximum Gasteiger partial charge on any atom is 0.781 e. The molecule has 0 unspecified atom stereocenters. The summed E-state index contributed by atoms with van der Waals surface area (Å²) < 4.78 is 14.6. The molecule has 0 amide bonds. The molecule has 0 N–H and O–H groups in total. The van der Waals surface area contributed by atoms with Crippen LogP contribution in [0.5, 0.6) is 0 Å². The van der Waals surface area contributed by atoms with Crippen molar-refractivity contribution in [1.82, 2.24) is 0 Å². The molecule has 0 saturated carbocycles. The third kappa shape index (κ3) is 5.76. The summed E-state index contributed by atoms with van der Waals surface area (Å²) in [6.45, 7) is 5.24. The number of carbonyl (C=O) groups excluding carboxylic acids is 3. The Kier molecular flexibility index (Phi) is 6.12. The van der Waals surface area contributed by atoms with Gasteiger partial charge in [0.15, 0.2) is 0 Å². The van der Waals surface area contributed by atoms with E-state index in [-0.39, 0.29) is 0 Å². The normalized spacial score (nSPS) is 10.5. The maximum atomic E-state index is 10.9. The van der Waals surface area contributed by atoms with E-state index < -0.39 is 25.9 Å². The Morgan fingerprint density at radius 1 is 0.938 bits per heavy atom. The molecule has 0 aliphatic rings. The third-order valence-electron chi connectivity index (χ3n) is 1.13. The molecule has 0 aromatic carbocycles. The molecule has 0 radical (unpaired) electrons. The highest BCUT2D eigenvalue weighted by molar-refractivity contribution is 8.26. The second kappa shape index (κ2) is 6.54. The van der Waals surface area contributed by atoms with E-state index in [1.165, 1.54) is 0 Å². The van der Waals surface area contributed by atoms with Crippen LogP contribution in [0.15, 0.2) is 0 Å². The average molecular weight is 266 g/mol. The fourth-order valence-corrected chi connectivity index (χ4v) is 5.21. The molecular weight excluding hydrogens is 252 g/mol. The van der Waals surface area contributed by atoms with Gasteiger partial charge in [-0.2, -0.15) is 0 Å². The summed E-state index contributed by atoms with van der Waals surface area (Å²) >= 11 is 1.02. The van der Waals surface area contributed by atoms with Gasteiger partial charge >= 0.3 is 7.95 Å². The van der Waals surface area contributed by atoms with Gasteiger partial charge in [0.05, 0.1) is 0 Å². The fourth-order valence-electron chi connectivity index (χ4n) is 0.856.